The van der Waals surface area contributed by atoms with Crippen LogP contribution in [0.1, 0.15) is 36.1 Å². The summed E-state index contributed by atoms with van der Waals surface area (Å²) in [5, 5.41) is 5.18. The van der Waals surface area contributed by atoms with E-state index in [-0.39, 0.29) is 34.7 Å². The fourth-order valence-corrected chi connectivity index (χ4v) is 6.53. The summed E-state index contributed by atoms with van der Waals surface area (Å²) in [6, 6.07) is 13.0. The van der Waals surface area contributed by atoms with Crippen LogP contribution in [0.5, 0.6) is 0 Å². The molecule has 0 aliphatic carbocycles. The van der Waals surface area contributed by atoms with Crippen molar-refractivity contribution in [3.05, 3.63) is 65.5 Å². The monoisotopic (exact) mass is 478 g/mol. The summed E-state index contributed by atoms with van der Waals surface area (Å²) in [5.41, 5.74) is 1.23. The molecule has 11 heteroatoms. The molecule has 1 aromatic heterocycles. The molecule has 0 saturated carbocycles. The van der Waals surface area contributed by atoms with E-state index >= 15 is 0 Å². The van der Waals surface area contributed by atoms with E-state index in [1.54, 1.807) is 18.2 Å². The SMILES string of the molecule is C[C@H]1CCC(c2ccccc2)S(=O)(=O)N1Cc1ccc(-c2n[nH]c(S(C)(=O)=O)n2)cc1F. The predicted octanol–water partition coefficient (Wildman–Crippen LogP) is 3.07. The third-order valence-electron chi connectivity index (χ3n) is 5.65. The van der Waals surface area contributed by atoms with Gasteiger partial charge in [0.15, 0.2) is 5.82 Å². The van der Waals surface area contributed by atoms with Gasteiger partial charge in [0, 0.05) is 30.0 Å². The molecule has 170 valence electrons. The molecule has 1 fully saturated rings. The maximum absolute atomic E-state index is 14.9. The first kappa shape index (κ1) is 22.6. The minimum absolute atomic E-state index is 0.0407. The second-order valence-electron chi connectivity index (χ2n) is 7.96. The lowest BCUT2D eigenvalue weighted by atomic mass is 10.0. The molecule has 1 saturated heterocycles. The van der Waals surface area contributed by atoms with E-state index in [1.165, 1.54) is 16.4 Å². The van der Waals surface area contributed by atoms with Gasteiger partial charge in [-0.15, -0.1) is 0 Å². The van der Waals surface area contributed by atoms with E-state index in [2.05, 4.69) is 15.2 Å². The molecule has 4 rings (SSSR count). The van der Waals surface area contributed by atoms with Crippen LogP contribution in [0, 0.1) is 5.82 Å². The molecule has 2 heterocycles. The van der Waals surface area contributed by atoms with Crippen LogP contribution in [0.25, 0.3) is 11.4 Å². The quantitative estimate of drug-likeness (QED) is 0.603. The summed E-state index contributed by atoms with van der Waals surface area (Å²) in [6.45, 7) is 1.73. The second kappa shape index (κ2) is 8.38. The van der Waals surface area contributed by atoms with Crippen molar-refractivity contribution < 1.29 is 21.2 Å². The summed E-state index contributed by atoms with van der Waals surface area (Å²) in [7, 11) is -7.26. The molecule has 0 bridgehead atoms. The van der Waals surface area contributed by atoms with Crippen LogP contribution in [0.4, 0.5) is 4.39 Å². The van der Waals surface area contributed by atoms with Gasteiger partial charge in [0.05, 0.1) is 0 Å². The Bertz CT molecular complexity index is 1340. The number of nitrogens with one attached hydrogen (secondary N) is 1. The molecule has 0 spiro atoms. The molecule has 1 aliphatic rings. The van der Waals surface area contributed by atoms with Gasteiger partial charge in [-0.05, 0) is 31.4 Å². The molecule has 1 aliphatic heterocycles. The Morgan fingerprint density at radius 3 is 2.50 bits per heavy atom. The number of hydrogen-bond donors (Lipinski definition) is 1. The summed E-state index contributed by atoms with van der Waals surface area (Å²) >= 11 is 0. The van der Waals surface area contributed by atoms with Crippen LogP contribution in [0.3, 0.4) is 0 Å². The summed E-state index contributed by atoms with van der Waals surface area (Å²) < 4.78 is 66.1. The zero-order valence-electron chi connectivity index (χ0n) is 17.6. The van der Waals surface area contributed by atoms with Gasteiger partial charge < -0.3 is 0 Å². The van der Waals surface area contributed by atoms with E-state index < -0.39 is 30.9 Å². The minimum Gasteiger partial charge on any atom is -0.249 e. The van der Waals surface area contributed by atoms with Crippen molar-refractivity contribution >= 4 is 19.9 Å². The van der Waals surface area contributed by atoms with Crippen LogP contribution < -0.4 is 0 Å². The lowest BCUT2D eigenvalue weighted by Gasteiger charge is -2.37. The van der Waals surface area contributed by atoms with Crippen LogP contribution >= 0.6 is 0 Å². The number of benzene rings is 2. The van der Waals surface area contributed by atoms with Crippen LogP contribution in [-0.4, -0.2) is 48.6 Å². The van der Waals surface area contributed by atoms with E-state index in [1.807, 2.05) is 25.1 Å². The molecule has 2 atom stereocenters. The first-order valence-corrected chi connectivity index (χ1v) is 13.4. The highest BCUT2D eigenvalue weighted by Crippen LogP contribution is 2.38. The van der Waals surface area contributed by atoms with Crippen LogP contribution in [0.15, 0.2) is 53.7 Å². The molecule has 0 radical (unpaired) electrons. The highest BCUT2D eigenvalue weighted by Gasteiger charge is 2.40. The molecule has 1 unspecified atom stereocenters. The molecule has 0 amide bonds. The van der Waals surface area contributed by atoms with E-state index in [9.17, 15) is 21.2 Å². The third-order valence-corrected chi connectivity index (χ3v) is 8.90. The van der Waals surface area contributed by atoms with Crippen molar-refractivity contribution in [2.75, 3.05) is 6.26 Å². The van der Waals surface area contributed by atoms with Crippen molar-refractivity contribution in [1.29, 1.82) is 0 Å². The number of H-pyrrole nitrogens is 1. The number of halogens is 1. The molecule has 3 aromatic rings. The summed E-state index contributed by atoms with van der Waals surface area (Å²) in [4.78, 5) is 3.89. The standard InChI is InChI=1S/C21H23FN4O4S2/c1-14-8-11-19(15-6-4-3-5-7-15)32(29,30)26(14)13-17-10-9-16(12-18(17)22)20-23-21(25-24-20)31(2,27)28/h3-7,9-10,12,14,19H,8,11,13H2,1-2H3,(H,23,24,25)/t14-,19?/m0/s1. The number of sulfonamides is 1. The topological polar surface area (TPSA) is 113 Å². The molecule has 2 aromatic carbocycles. The van der Waals surface area contributed by atoms with Crippen LogP contribution in [-0.2, 0) is 26.4 Å². The molecule has 1 N–H and O–H groups in total. The Morgan fingerprint density at radius 2 is 1.88 bits per heavy atom. The molecule has 8 nitrogen and oxygen atoms in total. The zero-order chi connectivity index (χ0) is 23.1. The molecular formula is C21H23FN4O4S2. The fraction of sp³-hybridized carbons (Fsp3) is 0.333. The van der Waals surface area contributed by atoms with Gasteiger partial charge in [-0.25, -0.2) is 26.3 Å². The van der Waals surface area contributed by atoms with E-state index in [0.29, 0.717) is 12.8 Å². The van der Waals surface area contributed by atoms with Gasteiger partial charge in [0.2, 0.25) is 25.0 Å². The van der Waals surface area contributed by atoms with E-state index in [0.717, 1.165) is 11.8 Å². The average Bonchev–Trinajstić information content (AvgIpc) is 3.23. The van der Waals surface area contributed by atoms with Gasteiger partial charge in [0.25, 0.3) is 0 Å². The number of hydrogen-bond acceptors (Lipinski definition) is 6. The Balaban J connectivity index is 1.61. The van der Waals surface area contributed by atoms with Crippen molar-refractivity contribution in [3.63, 3.8) is 0 Å². The summed E-state index contributed by atoms with van der Waals surface area (Å²) in [5.74, 6) is -0.573. The average molecular weight is 479 g/mol. The van der Waals surface area contributed by atoms with Crippen molar-refractivity contribution in [3.8, 4) is 11.4 Å². The highest BCUT2D eigenvalue weighted by atomic mass is 32.2. The lowest BCUT2D eigenvalue weighted by molar-refractivity contribution is 0.279. The second-order valence-corrected chi connectivity index (χ2v) is 12.0. The van der Waals surface area contributed by atoms with Gasteiger partial charge in [0.1, 0.15) is 11.1 Å². The normalized spacial score (nSPS) is 21.5. The Labute approximate surface area is 186 Å². The van der Waals surface area contributed by atoms with E-state index in [4.69, 9.17) is 0 Å². The zero-order valence-corrected chi connectivity index (χ0v) is 19.2. The first-order valence-electron chi connectivity index (χ1n) is 10.0. The van der Waals surface area contributed by atoms with Gasteiger partial charge in [-0.2, -0.15) is 14.4 Å². The van der Waals surface area contributed by atoms with Gasteiger partial charge in [-0.1, -0.05) is 42.5 Å². The van der Waals surface area contributed by atoms with Crippen molar-refractivity contribution in [2.24, 2.45) is 0 Å². The number of nitrogens with zero attached hydrogens (tertiary/aromatic N) is 3. The first-order chi connectivity index (χ1) is 15.1. The summed E-state index contributed by atoms with van der Waals surface area (Å²) in [6.07, 6.45) is 2.17. The Hall–Kier alpha value is -2.63. The lowest BCUT2D eigenvalue weighted by Crippen LogP contribution is -2.44. The Kier molecular flexibility index (Phi) is 5.91. The largest absolute Gasteiger partial charge is 0.249 e. The van der Waals surface area contributed by atoms with Gasteiger partial charge >= 0.3 is 0 Å². The fourth-order valence-electron chi connectivity index (χ4n) is 3.88. The number of aromatic amines is 1. The highest BCUT2D eigenvalue weighted by molar-refractivity contribution is 7.90. The number of rotatable bonds is 5. The maximum Gasteiger partial charge on any atom is 0.243 e. The number of sulfone groups is 1. The maximum atomic E-state index is 14.9. The third kappa shape index (κ3) is 4.32. The predicted molar refractivity (Wildman–Crippen MR) is 117 cm³/mol. The molecular weight excluding hydrogens is 455 g/mol. The Morgan fingerprint density at radius 1 is 1.16 bits per heavy atom. The number of aromatic nitrogens is 3. The minimum atomic E-state index is -3.69. The van der Waals surface area contributed by atoms with Crippen molar-refractivity contribution in [2.45, 2.75) is 42.8 Å². The molecule has 32 heavy (non-hydrogen) atoms. The smallest absolute Gasteiger partial charge is 0.243 e. The van der Waals surface area contributed by atoms with Crippen molar-refractivity contribution in [1.82, 2.24) is 19.5 Å². The van der Waals surface area contributed by atoms with Gasteiger partial charge in [-0.3, -0.25) is 0 Å². The van der Waals surface area contributed by atoms with Crippen LogP contribution in [0.2, 0.25) is 0 Å².